The van der Waals surface area contributed by atoms with E-state index in [1.54, 1.807) is 26.0 Å². The molecular formula is C16H18N4O2. The molecule has 0 spiro atoms. The molecule has 2 N–H and O–H groups in total. The van der Waals surface area contributed by atoms with Gasteiger partial charge in [-0.1, -0.05) is 18.2 Å². The summed E-state index contributed by atoms with van der Waals surface area (Å²) >= 11 is 0. The molecule has 1 aromatic heterocycles. The molecule has 0 aliphatic carbocycles. The fraction of sp³-hybridized carbons (Fsp3) is 0.312. The molecule has 0 aliphatic heterocycles. The second kappa shape index (κ2) is 6.31. The van der Waals surface area contributed by atoms with E-state index in [0.717, 1.165) is 10.1 Å². The van der Waals surface area contributed by atoms with Crippen molar-refractivity contribution >= 4 is 5.82 Å². The van der Waals surface area contributed by atoms with Gasteiger partial charge in [-0.15, -0.1) is 0 Å². The minimum atomic E-state index is -0.453. The first-order valence-corrected chi connectivity index (χ1v) is 7.05. The summed E-state index contributed by atoms with van der Waals surface area (Å²) in [6.07, 6.45) is 0. The molecular weight excluding hydrogens is 280 g/mol. The highest BCUT2D eigenvalue weighted by atomic mass is 16.2. The molecule has 1 atom stereocenters. The minimum Gasteiger partial charge on any atom is -0.365 e. The normalized spacial score (nSPS) is 12.0. The molecule has 0 radical (unpaired) electrons. The summed E-state index contributed by atoms with van der Waals surface area (Å²) in [5.74, 6) is 0.340. The van der Waals surface area contributed by atoms with Crippen molar-refractivity contribution in [2.45, 2.75) is 32.9 Å². The topological polar surface area (TPSA) is 90.7 Å². The fourth-order valence-electron chi connectivity index (χ4n) is 2.36. The Balaban J connectivity index is 2.34. The standard InChI is InChI=1S/C16H18N4O2/c1-10(2)20-15(21)8-14(19-16(20)22)18-11(3)13-7-5-4-6-12(13)9-17/h4-8,10-11,18H,1-3H3,(H,19,22)/t11-/m0/s1. The lowest BCUT2D eigenvalue weighted by Gasteiger charge is -2.17. The van der Waals surface area contributed by atoms with Gasteiger partial charge in [0.15, 0.2) is 0 Å². The fourth-order valence-corrected chi connectivity index (χ4v) is 2.36. The molecule has 114 valence electrons. The van der Waals surface area contributed by atoms with E-state index in [-0.39, 0.29) is 17.6 Å². The predicted molar refractivity (Wildman–Crippen MR) is 84.9 cm³/mol. The van der Waals surface area contributed by atoms with Crippen LogP contribution in [0.1, 0.15) is 44.0 Å². The second-order valence-electron chi connectivity index (χ2n) is 5.36. The van der Waals surface area contributed by atoms with Crippen LogP contribution in [-0.2, 0) is 0 Å². The summed E-state index contributed by atoms with van der Waals surface area (Å²) in [5.41, 5.74) is 0.548. The van der Waals surface area contributed by atoms with Gasteiger partial charge in [0, 0.05) is 12.1 Å². The van der Waals surface area contributed by atoms with Crippen LogP contribution in [0, 0.1) is 11.3 Å². The average Bonchev–Trinajstić information content (AvgIpc) is 2.45. The monoisotopic (exact) mass is 298 g/mol. The van der Waals surface area contributed by atoms with Crippen LogP contribution in [0.25, 0.3) is 0 Å². The first-order valence-electron chi connectivity index (χ1n) is 7.05. The number of benzene rings is 1. The molecule has 2 rings (SSSR count). The van der Waals surface area contributed by atoms with Gasteiger partial charge in [-0.05, 0) is 32.4 Å². The molecule has 1 aromatic carbocycles. The maximum atomic E-state index is 12.0. The molecule has 1 heterocycles. The van der Waals surface area contributed by atoms with Gasteiger partial charge in [0.25, 0.3) is 5.56 Å². The Morgan fingerprint density at radius 1 is 1.23 bits per heavy atom. The van der Waals surface area contributed by atoms with Crippen LogP contribution in [0.5, 0.6) is 0 Å². The predicted octanol–water partition coefficient (Wildman–Crippen LogP) is 2.16. The lowest BCUT2D eigenvalue weighted by atomic mass is 10.0. The minimum absolute atomic E-state index is 0.206. The number of aromatic amines is 1. The Kier molecular flexibility index (Phi) is 4.47. The Bertz CT molecular complexity index is 796. The number of anilines is 1. The van der Waals surface area contributed by atoms with Gasteiger partial charge in [-0.2, -0.15) is 5.26 Å². The molecule has 0 saturated heterocycles. The highest BCUT2D eigenvalue weighted by molar-refractivity contribution is 5.44. The van der Waals surface area contributed by atoms with Crippen molar-refractivity contribution in [2.24, 2.45) is 0 Å². The van der Waals surface area contributed by atoms with Gasteiger partial charge in [-0.25, -0.2) is 4.79 Å². The molecule has 0 aliphatic rings. The van der Waals surface area contributed by atoms with Crippen LogP contribution in [0.15, 0.2) is 39.9 Å². The zero-order valence-electron chi connectivity index (χ0n) is 12.8. The van der Waals surface area contributed by atoms with E-state index in [0.29, 0.717) is 11.4 Å². The van der Waals surface area contributed by atoms with Crippen LogP contribution in [-0.4, -0.2) is 9.55 Å². The summed E-state index contributed by atoms with van der Waals surface area (Å²) in [6, 6.07) is 10.3. The van der Waals surface area contributed by atoms with E-state index in [2.05, 4.69) is 16.4 Å². The average molecular weight is 298 g/mol. The lowest BCUT2D eigenvalue weighted by molar-refractivity contribution is 0.546. The van der Waals surface area contributed by atoms with Gasteiger partial charge in [0.2, 0.25) is 0 Å². The van der Waals surface area contributed by atoms with Crippen molar-refractivity contribution in [2.75, 3.05) is 5.32 Å². The van der Waals surface area contributed by atoms with E-state index >= 15 is 0 Å². The van der Waals surface area contributed by atoms with Crippen molar-refractivity contribution < 1.29 is 0 Å². The zero-order valence-corrected chi connectivity index (χ0v) is 12.8. The summed E-state index contributed by atoms with van der Waals surface area (Å²) in [7, 11) is 0. The van der Waals surface area contributed by atoms with Crippen molar-refractivity contribution in [1.29, 1.82) is 5.26 Å². The lowest BCUT2D eigenvalue weighted by Crippen LogP contribution is -2.36. The van der Waals surface area contributed by atoms with Crippen LogP contribution in [0.2, 0.25) is 0 Å². The first-order chi connectivity index (χ1) is 10.4. The number of aromatic nitrogens is 2. The summed E-state index contributed by atoms with van der Waals surface area (Å²) in [6.45, 7) is 5.41. The Labute approximate surface area is 128 Å². The van der Waals surface area contributed by atoms with Crippen molar-refractivity contribution in [3.63, 3.8) is 0 Å². The molecule has 0 fully saturated rings. The molecule has 0 saturated carbocycles. The summed E-state index contributed by atoms with van der Waals surface area (Å²) < 4.78 is 1.15. The largest absolute Gasteiger partial charge is 0.365 e. The van der Waals surface area contributed by atoms with Gasteiger partial charge in [-0.3, -0.25) is 14.3 Å². The highest BCUT2D eigenvalue weighted by Gasteiger charge is 2.12. The van der Waals surface area contributed by atoms with Gasteiger partial charge in [0.05, 0.1) is 17.7 Å². The Morgan fingerprint density at radius 2 is 1.91 bits per heavy atom. The number of hydrogen-bond donors (Lipinski definition) is 2. The summed E-state index contributed by atoms with van der Waals surface area (Å²) in [5, 5.41) is 12.2. The molecule has 2 aromatic rings. The zero-order chi connectivity index (χ0) is 16.3. The Hall–Kier alpha value is -2.81. The van der Waals surface area contributed by atoms with E-state index < -0.39 is 5.69 Å². The number of nitriles is 1. The molecule has 6 nitrogen and oxygen atoms in total. The second-order valence-corrected chi connectivity index (χ2v) is 5.36. The van der Waals surface area contributed by atoms with Crippen molar-refractivity contribution in [1.82, 2.24) is 9.55 Å². The maximum Gasteiger partial charge on any atom is 0.330 e. The number of nitrogens with one attached hydrogen (secondary N) is 2. The third-order valence-electron chi connectivity index (χ3n) is 3.40. The van der Waals surface area contributed by atoms with E-state index in [1.807, 2.05) is 19.1 Å². The third kappa shape index (κ3) is 3.09. The maximum absolute atomic E-state index is 12.0. The van der Waals surface area contributed by atoms with Gasteiger partial charge < -0.3 is 5.32 Å². The van der Waals surface area contributed by atoms with Crippen LogP contribution < -0.4 is 16.6 Å². The van der Waals surface area contributed by atoms with E-state index in [9.17, 15) is 9.59 Å². The van der Waals surface area contributed by atoms with Gasteiger partial charge >= 0.3 is 5.69 Å². The quantitative estimate of drug-likeness (QED) is 0.905. The third-order valence-corrected chi connectivity index (χ3v) is 3.40. The SMILES string of the molecule is CC(C)n1c(=O)cc(N[C@@H](C)c2ccccc2C#N)[nH]c1=O. The van der Waals surface area contributed by atoms with Gasteiger partial charge in [0.1, 0.15) is 5.82 Å². The first kappa shape index (κ1) is 15.6. The van der Waals surface area contributed by atoms with Crippen LogP contribution >= 0.6 is 0 Å². The number of nitrogens with zero attached hydrogens (tertiary/aromatic N) is 2. The summed E-state index contributed by atoms with van der Waals surface area (Å²) in [4.78, 5) is 26.6. The van der Waals surface area contributed by atoms with E-state index in [1.165, 1.54) is 6.07 Å². The van der Waals surface area contributed by atoms with Crippen molar-refractivity contribution in [3.05, 3.63) is 62.3 Å². The number of rotatable bonds is 4. The van der Waals surface area contributed by atoms with E-state index in [4.69, 9.17) is 5.26 Å². The molecule has 0 amide bonds. The highest BCUT2D eigenvalue weighted by Crippen LogP contribution is 2.20. The number of hydrogen-bond acceptors (Lipinski definition) is 4. The Morgan fingerprint density at radius 3 is 2.50 bits per heavy atom. The molecule has 22 heavy (non-hydrogen) atoms. The van der Waals surface area contributed by atoms with Crippen molar-refractivity contribution in [3.8, 4) is 6.07 Å². The van der Waals surface area contributed by atoms with Crippen LogP contribution in [0.4, 0.5) is 5.82 Å². The number of H-pyrrole nitrogens is 1. The molecule has 6 heteroatoms. The molecule has 0 bridgehead atoms. The molecule has 0 unspecified atom stereocenters. The smallest absolute Gasteiger partial charge is 0.330 e. The van der Waals surface area contributed by atoms with Crippen LogP contribution in [0.3, 0.4) is 0 Å².